The van der Waals surface area contributed by atoms with Crippen molar-refractivity contribution in [2.75, 3.05) is 40.1 Å². The number of aliphatic imine (C=N–C) groups is 1. The van der Waals surface area contributed by atoms with E-state index in [9.17, 15) is 13.2 Å². The third-order valence-corrected chi connectivity index (χ3v) is 7.58. The second kappa shape index (κ2) is 11.5. The molecule has 0 spiro atoms. The summed E-state index contributed by atoms with van der Waals surface area (Å²) in [6.45, 7) is 5.36. The number of sulfonamides is 1. The zero-order valence-electron chi connectivity index (χ0n) is 21.0. The first-order chi connectivity index (χ1) is 16.5. The van der Waals surface area contributed by atoms with E-state index in [0.29, 0.717) is 42.7 Å². The van der Waals surface area contributed by atoms with Gasteiger partial charge in [-0.15, -0.1) is 0 Å². The van der Waals surface area contributed by atoms with Gasteiger partial charge in [0.2, 0.25) is 15.9 Å². The van der Waals surface area contributed by atoms with Crippen molar-refractivity contribution >= 4 is 33.2 Å². The van der Waals surface area contributed by atoms with Crippen LogP contribution in [0.15, 0.2) is 63.8 Å². The molecule has 9 heteroatoms. The maximum absolute atomic E-state index is 12.6. The van der Waals surface area contributed by atoms with Gasteiger partial charge in [0.25, 0.3) is 0 Å². The number of carbonyl (C=O) groups is 1. The van der Waals surface area contributed by atoms with Gasteiger partial charge in [-0.3, -0.25) is 14.1 Å². The van der Waals surface area contributed by atoms with Crippen molar-refractivity contribution in [2.45, 2.75) is 26.7 Å². The highest BCUT2D eigenvalue weighted by Gasteiger charge is 2.37. The molecule has 35 heavy (non-hydrogen) atoms. The quantitative estimate of drug-likeness (QED) is 0.577. The van der Waals surface area contributed by atoms with Crippen molar-refractivity contribution in [1.82, 2.24) is 9.62 Å². The molecular weight excluding hydrogens is 486 g/mol. The van der Waals surface area contributed by atoms with Crippen molar-refractivity contribution in [3.63, 3.8) is 0 Å². The van der Waals surface area contributed by atoms with Crippen LogP contribution in [0.3, 0.4) is 0 Å². The molecule has 2 fully saturated rings. The summed E-state index contributed by atoms with van der Waals surface area (Å²) < 4.78 is 31.8. The van der Waals surface area contributed by atoms with Crippen LogP contribution < -0.4 is 5.32 Å². The third kappa shape index (κ3) is 7.06. The average molecular weight is 520 g/mol. The molecule has 2 aliphatic carbocycles. The summed E-state index contributed by atoms with van der Waals surface area (Å²) in [6, 6.07) is 7.75. The molecule has 4 rings (SSSR count). The van der Waals surface area contributed by atoms with E-state index in [1.165, 1.54) is 16.1 Å². The Morgan fingerprint density at radius 2 is 1.83 bits per heavy atom. The molecule has 0 unspecified atom stereocenters. The number of rotatable bonds is 6. The Bertz CT molecular complexity index is 1150. The van der Waals surface area contributed by atoms with E-state index in [2.05, 4.69) is 10.3 Å². The third-order valence-electron chi connectivity index (χ3n) is 6.19. The van der Waals surface area contributed by atoms with Gasteiger partial charge < -0.3 is 10.1 Å². The molecule has 0 aromatic heterocycles. The van der Waals surface area contributed by atoms with Gasteiger partial charge in [0, 0.05) is 42.7 Å². The fourth-order valence-corrected chi connectivity index (χ4v) is 5.02. The van der Waals surface area contributed by atoms with E-state index in [1.807, 2.05) is 43.3 Å². The van der Waals surface area contributed by atoms with Crippen molar-refractivity contribution in [3.8, 4) is 0 Å². The Hall–Kier alpha value is -2.42. The topological polar surface area (TPSA) is 88.1 Å². The van der Waals surface area contributed by atoms with Crippen LogP contribution in [0.1, 0.15) is 25.3 Å². The number of likely N-dealkylation sites (N-methyl/N-ethyl adjacent to an activating group) is 1. The van der Waals surface area contributed by atoms with Gasteiger partial charge in [0.05, 0.1) is 30.9 Å². The number of allylic oxidation sites excluding steroid dienone is 4. The van der Waals surface area contributed by atoms with Crippen molar-refractivity contribution in [2.24, 2.45) is 16.8 Å². The summed E-state index contributed by atoms with van der Waals surface area (Å²) in [6.07, 6.45) is 7.06. The van der Waals surface area contributed by atoms with Crippen molar-refractivity contribution in [3.05, 3.63) is 69.4 Å². The normalized spacial score (nSPS) is 20.7. The lowest BCUT2D eigenvalue weighted by Gasteiger charge is -2.35. The molecule has 1 heterocycles. The summed E-state index contributed by atoms with van der Waals surface area (Å²) in [7, 11) is -0.199. The van der Waals surface area contributed by atoms with Crippen LogP contribution in [0.4, 0.5) is 0 Å². The fourth-order valence-electron chi connectivity index (χ4n) is 3.90. The summed E-state index contributed by atoms with van der Waals surface area (Å²) >= 11 is 5.61. The average Bonchev–Trinajstić information content (AvgIpc) is 3.63. The first kappa shape index (κ1) is 27.2. The Labute approximate surface area is 213 Å². The van der Waals surface area contributed by atoms with Crippen LogP contribution in [-0.2, 0) is 19.6 Å². The molecule has 1 saturated heterocycles. The zero-order chi connectivity index (χ0) is 25.8. The minimum absolute atomic E-state index is 0.166. The number of amides is 1. The molecule has 3 aliphatic rings. The second-order valence-electron chi connectivity index (χ2n) is 9.12. The first-order valence-corrected chi connectivity index (χ1v) is 13.9. The number of hydrogen-bond acceptors (Lipinski definition) is 5. The van der Waals surface area contributed by atoms with E-state index in [1.54, 1.807) is 21.0 Å². The zero-order valence-corrected chi connectivity index (χ0v) is 22.5. The minimum Gasteiger partial charge on any atom is -0.381 e. The predicted octanol–water partition coefficient (Wildman–Crippen LogP) is 3.91. The minimum atomic E-state index is -3.45. The van der Waals surface area contributed by atoms with Crippen molar-refractivity contribution in [1.29, 1.82) is 0 Å². The van der Waals surface area contributed by atoms with Gasteiger partial charge in [-0.05, 0) is 62.5 Å². The molecule has 1 amide bonds. The number of aryl methyl sites for hydroxylation is 1. The number of benzene rings is 1. The van der Waals surface area contributed by atoms with Crippen LogP contribution in [0, 0.1) is 18.8 Å². The van der Waals surface area contributed by atoms with Crippen LogP contribution in [0.2, 0.25) is 5.02 Å². The number of ether oxygens (including phenoxy) is 1. The highest BCUT2D eigenvalue weighted by Crippen LogP contribution is 2.44. The summed E-state index contributed by atoms with van der Waals surface area (Å²) in [5, 5.41) is 3.45. The van der Waals surface area contributed by atoms with Gasteiger partial charge in [-0.2, -0.15) is 0 Å². The molecule has 0 bridgehead atoms. The predicted molar refractivity (Wildman–Crippen MR) is 141 cm³/mol. The van der Waals surface area contributed by atoms with E-state index in [4.69, 9.17) is 16.3 Å². The van der Waals surface area contributed by atoms with Gasteiger partial charge in [0.1, 0.15) is 0 Å². The van der Waals surface area contributed by atoms with Crippen LogP contribution >= 0.6 is 11.6 Å². The molecule has 1 aromatic carbocycles. The van der Waals surface area contributed by atoms with Gasteiger partial charge in [-0.25, -0.2) is 8.42 Å². The van der Waals surface area contributed by atoms with Gasteiger partial charge in [-0.1, -0.05) is 29.3 Å². The maximum atomic E-state index is 12.6. The molecular formula is C26H34ClN3O4S. The largest absolute Gasteiger partial charge is 0.381 e. The second-order valence-corrected chi connectivity index (χ2v) is 11.5. The SMILES string of the molecule is CN=C1C=C(N(CC2COC2)S(C)(=O)=O)C(C2CC2)=C/C1=C(/C)C(=O)NC.Cc1ccc(Cl)cc1. The number of hydrogen-bond donors (Lipinski definition) is 1. The number of nitrogens with zero attached hydrogens (tertiary/aromatic N) is 2. The Morgan fingerprint density at radius 1 is 1.20 bits per heavy atom. The Kier molecular flexibility index (Phi) is 8.96. The molecule has 1 aliphatic heterocycles. The van der Waals surface area contributed by atoms with Crippen LogP contribution in [0.25, 0.3) is 0 Å². The van der Waals surface area contributed by atoms with Crippen molar-refractivity contribution < 1.29 is 17.9 Å². The smallest absolute Gasteiger partial charge is 0.247 e. The molecule has 1 saturated carbocycles. The molecule has 1 aromatic rings. The van der Waals surface area contributed by atoms with E-state index in [0.717, 1.165) is 29.0 Å². The first-order valence-electron chi connectivity index (χ1n) is 11.7. The summed E-state index contributed by atoms with van der Waals surface area (Å²) in [5.74, 6) is 0.359. The number of nitrogens with one attached hydrogen (secondary N) is 1. The lowest BCUT2D eigenvalue weighted by molar-refractivity contribution is -0.117. The number of carbonyl (C=O) groups excluding carboxylic acids is 1. The fraction of sp³-hybridized carbons (Fsp3) is 0.462. The van der Waals surface area contributed by atoms with Gasteiger partial charge in [0.15, 0.2) is 0 Å². The summed E-state index contributed by atoms with van der Waals surface area (Å²) in [4.78, 5) is 16.5. The molecule has 0 radical (unpaired) electrons. The Morgan fingerprint density at radius 3 is 2.26 bits per heavy atom. The molecule has 190 valence electrons. The van der Waals surface area contributed by atoms with E-state index in [-0.39, 0.29) is 11.8 Å². The van der Waals surface area contributed by atoms with Gasteiger partial charge >= 0.3 is 0 Å². The highest BCUT2D eigenvalue weighted by molar-refractivity contribution is 7.88. The van der Waals surface area contributed by atoms with Crippen LogP contribution in [0.5, 0.6) is 0 Å². The number of halogens is 1. The van der Waals surface area contributed by atoms with Crippen LogP contribution in [-0.4, -0.2) is 64.5 Å². The Balaban J connectivity index is 0.000000363. The molecule has 1 N–H and O–H groups in total. The van der Waals surface area contributed by atoms with E-state index < -0.39 is 10.0 Å². The maximum Gasteiger partial charge on any atom is 0.247 e. The molecule has 7 nitrogen and oxygen atoms in total. The summed E-state index contributed by atoms with van der Waals surface area (Å²) in [5.41, 5.74) is 4.85. The highest BCUT2D eigenvalue weighted by atomic mass is 35.5. The standard InChI is InChI=1S/C19H27N3O4S.C7H7Cl/c1-12(19(23)21-3)15-7-16(14-5-6-14)18(8-17(15)20-2)22(27(4,24)25)9-13-10-26-11-13;1-6-2-4-7(8)5-3-6/h7-8,13-14H,5-6,9-11H2,1-4H3,(H,21,23);2-5H,1H3/b15-12+,20-17?;. The molecule has 0 atom stereocenters. The lowest BCUT2D eigenvalue weighted by Crippen LogP contribution is -2.42. The van der Waals surface area contributed by atoms with E-state index >= 15 is 0 Å². The monoisotopic (exact) mass is 519 g/mol. The lowest BCUT2D eigenvalue weighted by atomic mass is 9.90.